The zero-order valence-electron chi connectivity index (χ0n) is 7.01. The largest absolute Gasteiger partial charge is 0.420 e. The molecule has 0 unspecified atom stereocenters. The average Bonchev–Trinajstić information content (AvgIpc) is 1.99. The van der Waals surface area contributed by atoms with Crippen LogP contribution in [-0.2, 0) is 0 Å². The second-order valence-corrected chi connectivity index (χ2v) is 2.99. The van der Waals surface area contributed by atoms with Gasteiger partial charge in [0, 0.05) is 5.69 Å². The molecule has 14 heavy (non-hydrogen) atoms. The summed E-state index contributed by atoms with van der Waals surface area (Å²) in [6.45, 7) is 1.46. The molecule has 1 N–H and O–H groups in total. The van der Waals surface area contributed by atoms with Gasteiger partial charge in [0.25, 0.3) is 0 Å². The van der Waals surface area contributed by atoms with E-state index in [1.54, 1.807) is 0 Å². The molecule has 0 aliphatic carbocycles. The number of nitrogens with zero attached hydrogens (tertiary/aromatic N) is 2. The highest BCUT2D eigenvalue weighted by Gasteiger charge is 2.40. The number of aromatic nitrogens is 2. The highest BCUT2D eigenvalue weighted by Crippen LogP contribution is 2.31. The van der Waals surface area contributed by atoms with Crippen LogP contribution in [0.2, 0.25) is 5.28 Å². The van der Waals surface area contributed by atoms with E-state index in [4.69, 9.17) is 16.7 Å². The molecule has 0 aliphatic heterocycles. The Kier molecular flexibility index (Phi) is 2.96. The van der Waals surface area contributed by atoms with Crippen molar-refractivity contribution in [3.8, 4) is 0 Å². The number of aliphatic hydroxyl groups excluding tert-OH is 1. The molecule has 0 spiro atoms. The zero-order chi connectivity index (χ0) is 10.9. The smallest absolute Gasteiger partial charge is 0.378 e. The van der Waals surface area contributed by atoms with Gasteiger partial charge in [-0.15, -0.1) is 0 Å². The Bertz CT molecular complexity index is 322. The lowest BCUT2D eigenvalue weighted by Gasteiger charge is -2.13. The third-order valence-corrected chi connectivity index (χ3v) is 1.61. The van der Waals surface area contributed by atoms with Crippen LogP contribution in [-0.4, -0.2) is 21.3 Å². The van der Waals surface area contributed by atoms with E-state index in [0.717, 1.165) is 6.07 Å². The zero-order valence-corrected chi connectivity index (χ0v) is 7.76. The predicted octanol–water partition coefficient (Wildman–Crippen LogP) is 2.03. The Morgan fingerprint density at radius 1 is 1.43 bits per heavy atom. The first-order chi connectivity index (χ1) is 6.30. The monoisotopic (exact) mass is 226 g/mol. The van der Waals surface area contributed by atoms with E-state index < -0.39 is 18.0 Å². The Balaban J connectivity index is 3.07. The summed E-state index contributed by atoms with van der Waals surface area (Å²) in [5.41, 5.74) is -0.279. The summed E-state index contributed by atoms with van der Waals surface area (Å²) in [5.74, 6) is 0. The molecule has 0 fully saturated rings. The first kappa shape index (κ1) is 11.2. The van der Waals surface area contributed by atoms with Gasteiger partial charge in [-0.25, -0.2) is 9.97 Å². The lowest BCUT2D eigenvalue weighted by Crippen LogP contribution is -2.21. The van der Waals surface area contributed by atoms with E-state index >= 15 is 0 Å². The van der Waals surface area contributed by atoms with Gasteiger partial charge in [-0.05, 0) is 24.6 Å². The quantitative estimate of drug-likeness (QED) is 0.746. The molecular weight excluding hydrogens is 221 g/mol. The topological polar surface area (TPSA) is 46.0 Å². The average molecular weight is 227 g/mol. The number of hydrogen-bond donors (Lipinski definition) is 1. The number of alkyl halides is 3. The van der Waals surface area contributed by atoms with E-state index in [9.17, 15) is 13.2 Å². The summed E-state index contributed by atoms with van der Waals surface area (Å²) in [6.07, 6.45) is -7.37. The number of halogens is 4. The fourth-order valence-electron chi connectivity index (χ4n) is 0.863. The van der Waals surface area contributed by atoms with Crippen LogP contribution in [0.1, 0.15) is 17.5 Å². The molecular formula is C7H6ClF3N2O. The van der Waals surface area contributed by atoms with Gasteiger partial charge in [0.1, 0.15) is 0 Å². The van der Waals surface area contributed by atoms with Crippen LogP contribution >= 0.6 is 11.6 Å². The van der Waals surface area contributed by atoms with Gasteiger partial charge in [0.15, 0.2) is 6.10 Å². The third-order valence-electron chi connectivity index (χ3n) is 1.44. The molecule has 0 aliphatic rings. The second-order valence-electron chi connectivity index (χ2n) is 2.65. The summed E-state index contributed by atoms with van der Waals surface area (Å²) in [7, 11) is 0. The van der Waals surface area contributed by atoms with Crippen molar-refractivity contribution in [1.29, 1.82) is 0 Å². The van der Waals surface area contributed by atoms with Crippen LogP contribution < -0.4 is 0 Å². The molecule has 78 valence electrons. The van der Waals surface area contributed by atoms with Gasteiger partial charge in [-0.2, -0.15) is 13.2 Å². The Morgan fingerprint density at radius 3 is 2.43 bits per heavy atom. The number of rotatable bonds is 1. The normalized spacial score (nSPS) is 14.1. The Morgan fingerprint density at radius 2 is 2.00 bits per heavy atom. The summed E-state index contributed by atoms with van der Waals surface area (Å²) >= 11 is 5.34. The van der Waals surface area contributed by atoms with Crippen molar-refractivity contribution >= 4 is 11.6 Å². The molecule has 1 atom stereocenters. The SMILES string of the molecule is Cc1cc([C@H](O)C(F)(F)F)nc(Cl)n1. The van der Waals surface area contributed by atoms with Crippen LogP contribution in [0.25, 0.3) is 0 Å². The molecule has 3 nitrogen and oxygen atoms in total. The first-order valence-electron chi connectivity index (χ1n) is 3.56. The van der Waals surface area contributed by atoms with Gasteiger partial charge in [-0.3, -0.25) is 0 Å². The molecule has 0 radical (unpaired) electrons. The minimum atomic E-state index is -4.75. The molecule has 0 amide bonds. The summed E-state index contributed by atoms with van der Waals surface area (Å²) in [4.78, 5) is 6.86. The van der Waals surface area contributed by atoms with Crippen molar-refractivity contribution in [2.24, 2.45) is 0 Å². The maximum Gasteiger partial charge on any atom is 0.420 e. The molecule has 1 heterocycles. The minimum absolute atomic E-state index is 0.267. The van der Waals surface area contributed by atoms with Crippen LogP contribution in [0.4, 0.5) is 13.2 Å². The molecule has 1 aromatic heterocycles. The van der Waals surface area contributed by atoms with Crippen LogP contribution in [0, 0.1) is 6.92 Å². The Hall–Kier alpha value is -0.880. The van der Waals surface area contributed by atoms with Crippen molar-refractivity contribution in [2.45, 2.75) is 19.2 Å². The second kappa shape index (κ2) is 3.70. The summed E-state index contributed by atoms with van der Waals surface area (Å²) < 4.78 is 36.1. The number of hydrogen-bond acceptors (Lipinski definition) is 3. The molecule has 0 saturated carbocycles. The van der Waals surface area contributed by atoms with Gasteiger partial charge in [0.05, 0.1) is 5.69 Å². The predicted molar refractivity (Wildman–Crippen MR) is 42.8 cm³/mol. The van der Waals surface area contributed by atoms with Gasteiger partial charge < -0.3 is 5.11 Å². The molecule has 1 aromatic rings. The van der Waals surface area contributed by atoms with Gasteiger partial charge in [0.2, 0.25) is 5.28 Å². The maximum absolute atomic E-state index is 12.0. The first-order valence-corrected chi connectivity index (χ1v) is 3.94. The summed E-state index contributed by atoms with van der Waals surface area (Å²) in [6, 6.07) is 1.03. The molecule has 0 saturated heterocycles. The van der Waals surface area contributed by atoms with Gasteiger partial charge >= 0.3 is 6.18 Å². The van der Waals surface area contributed by atoms with E-state index in [0.29, 0.717) is 0 Å². The van der Waals surface area contributed by atoms with Crippen molar-refractivity contribution in [1.82, 2.24) is 9.97 Å². The van der Waals surface area contributed by atoms with E-state index in [-0.39, 0.29) is 11.0 Å². The molecule has 0 bridgehead atoms. The summed E-state index contributed by atoms with van der Waals surface area (Å²) in [5, 5.41) is 8.52. The fourth-order valence-corrected chi connectivity index (χ4v) is 1.09. The van der Waals surface area contributed by atoms with Crippen molar-refractivity contribution < 1.29 is 18.3 Å². The van der Waals surface area contributed by atoms with E-state index in [2.05, 4.69) is 9.97 Å². The minimum Gasteiger partial charge on any atom is -0.378 e. The van der Waals surface area contributed by atoms with Crippen molar-refractivity contribution in [2.75, 3.05) is 0 Å². The van der Waals surface area contributed by atoms with Crippen LogP contribution in [0.5, 0.6) is 0 Å². The number of aryl methyl sites for hydroxylation is 1. The molecule has 1 rings (SSSR count). The molecule has 7 heteroatoms. The van der Waals surface area contributed by atoms with Crippen molar-refractivity contribution in [3.05, 3.63) is 22.7 Å². The Labute approximate surface area is 82.6 Å². The number of aliphatic hydroxyl groups is 1. The van der Waals surface area contributed by atoms with Crippen molar-refractivity contribution in [3.63, 3.8) is 0 Å². The van der Waals surface area contributed by atoms with Crippen LogP contribution in [0.3, 0.4) is 0 Å². The third kappa shape index (κ3) is 2.55. The van der Waals surface area contributed by atoms with Gasteiger partial charge in [-0.1, -0.05) is 0 Å². The van der Waals surface area contributed by atoms with E-state index in [1.165, 1.54) is 6.92 Å². The highest BCUT2D eigenvalue weighted by atomic mass is 35.5. The standard InChI is InChI=1S/C7H6ClF3N2O/c1-3-2-4(13-6(8)12-3)5(14)7(9,10)11/h2,5,14H,1H3/t5-/m0/s1. The lowest BCUT2D eigenvalue weighted by molar-refractivity contribution is -0.208. The van der Waals surface area contributed by atoms with E-state index in [1.807, 2.05) is 0 Å². The molecule has 0 aromatic carbocycles. The lowest BCUT2D eigenvalue weighted by atomic mass is 10.2. The maximum atomic E-state index is 12.0. The van der Waals surface area contributed by atoms with Crippen LogP contribution in [0.15, 0.2) is 6.07 Å². The fraction of sp³-hybridized carbons (Fsp3) is 0.429. The highest BCUT2D eigenvalue weighted by molar-refractivity contribution is 6.28.